The SMILES string of the molecule is CC(C)N1C[C@H]2C[C@@H]1CN2c1ccc(N)cn1. The number of nitrogens with zero attached hydrogens (tertiary/aromatic N) is 3. The largest absolute Gasteiger partial charge is 0.397 e. The van der Waals surface area contributed by atoms with E-state index >= 15 is 0 Å². The Morgan fingerprint density at radius 1 is 1.29 bits per heavy atom. The summed E-state index contributed by atoms with van der Waals surface area (Å²) in [6.45, 7) is 6.85. The van der Waals surface area contributed by atoms with Gasteiger partial charge in [0.05, 0.1) is 11.9 Å². The second-order valence-electron chi connectivity index (χ2n) is 5.44. The standard InChI is InChI=1S/C13H20N4/c1-9(2)16-7-12-5-11(16)8-17(12)13-4-3-10(14)6-15-13/h3-4,6,9,11-12H,5,7-8,14H2,1-2H3/t11-,12-/m1/s1. The molecule has 2 N–H and O–H groups in total. The third-order valence-electron chi connectivity index (χ3n) is 4.01. The molecule has 0 aromatic carbocycles. The van der Waals surface area contributed by atoms with Gasteiger partial charge < -0.3 is 10.6 Å². The van der Waals surface area contributed by atoms with Gasteiger partial charge in [0.1, 0.15) is 5.82 Å². The van der Waals surface area contributed by atoms with Crippen molar-refractivity contribution in [3.05, 3.63) is 18.3 Å². The molecule has 3 heterocycles. The van der Waals surface area contributed by atoms with Gasteiger partial charge in [0, 0.05) is 31.2 Å². The number of nitrogen functional groups attached to an aromatic ring is 1. The molecule has 2 bridgehead atoms. The zero-order chi connectivity index (χ0) is 12.0. The molecule has 0 radical (unpaired) electrons. The average Bonchev–Trinajstić information content (AvgIpc) is 2.89. The monoisotopic (exact) mass is 232 g/mol. The van der Waals surface area contributed by atoms with Crippen LogP contribution >= 0.6 is 0 Å². The normalized spacial score (nSPS) is 28.3. The summed E-state index contributed by atoms with van der Waals surface area (Å²) in [6, 6.07) is 5.98. The smallest absolute Gasteiger partial charge is 0.128 e. The lowest BCUT2D eigenvalue weighted by Crippen LogP contribution is -2.49. The van der Waals surface area contributed by atoms with Crippen LogP contribution in [0.5, 0.6) is 0 Å². The van der Waals surface area contributed by atoms with E-state index in [-0.39, 0.29) is 0 Å². The Hall–Kier alpha value is -1.29. The van der Waals surface area contributed by atoms with Crippen LogP contribution in [0.3, 0.4) is 0 Å². The van der Waals surface area contributed by atoms with E-state index in [4.69, 9.17) is 5.73 Å². The van der Waals surface area contributed by atoms with Crippen LogP contribution in [0.25, 0.3) is 0 Å². The summed E-state index contributed by atoms with van der Waals surface area (Å²) < 4.78 is 0. The van der Waals surface area contributed by atoms with Gasteiger partial charge in [-0.15, -0.1) is 0 Å². The van der Waals surface area contributed by atoms with Crippen molar-refractivity contribution in [2.75, 3.05) is 23.7 Å². The Kier molecular flexibility index (Phi) is 2.47. The highest BCUT2D eigenvalue weighted by Crippen LogP contribution is 2.34. The summed E-state index contributed by atoms with van der Waals surface area (Å²) in [7, 11) is 0. The fraction of sp³-hybridized carbons (Fsp3) is 0.615. The maximum Gasteiger partial charge on any atom is 0.128 e. The van der Waals surface area contributed by atoms with E-state index in [1.807, 2.05) is 12.1 Å². The van der Waals surface area contributed by atoms with Gasteiger partial charge in [0.2, 0.25) is 0 Å². The third-order valence-corrected chi connectivity index (χ3v) is 4.01. The summed E-state index contributed by atoms with van der Waals surface area (Å²) in [5.41, 5.74) is 6.41. The maximum atomic E-state index is 5.67. The molecule has 2 fully saturated rings. The molecule has 17 heavy (non-hydrogen) atoms. The molecule has 4 nitrogen and oxygen atoms in total. The molecule has 4 heteroatoms. The first kappa shape index (κ1) is 10.8. The lowest BCUT2D eigenvalue weighted by Gasteiger charge is -2.37. The zero-order valence-electron chi connectivity index (χ0n) is 10.5. The van der Waals surface area contributed by atoms with Crippen LogP contribution in [0.15, 0.2) is 18.3 Å². The van der Waals surface area contributed by atoms with Crippen molar-refractivity contribution in [1.82, 2.24) is 9.88 Å². The summed E-state index contributed by atoms with van der Waals surface area (Å²) in [6.07, 6.45) is 3.03. The molecular formula is C13H20N4. The highest BCUT2D eigenvalue weighted by Gasteiger charge is 2.44. The summed E-state index contributed by atoms with van der Waals surface area (Å²) in [4.78, 5) is 9.47. The second kappa shape index (κ2) is 3.88. The van der Waals surface area contributed by atoms with Crippen molar-refractivity contribution in [2.45, 2.75) is 38.4 Å². The van der Waals surface area contributed by atoms with Crippen LogP contribution < -0.4 is 10.6 Å². The molecule has 0 spiro atoms. The highest BCUT2D eigenvalue weighted by atomic mass is 15.4. The Morgan fingerprint density at radius 3 is 2.65 bits per heavy atom. The molecule has 92 valence electrons. The number of rotatable bonds is 2. The van der Waals surface area contributed by atoms with E-state index in [1.165, 1.54) is 13.0 Å². The molecule has 1 aromatic heterocycles. The Morgan fingerprint density at radius 2 is 2.12 bits per heavy atom. The molecule has 0 aliphatic carbocycles. The molecule has 2 aliphatic heterocycles. The number of hydrogen-bond acceptors (Lipinski definition) is 4. The van der Waals surface area contributed by atoms with E-state index in [1.54, 1.807) is 6.20 Å². The van der Waals surface area contributed by atoms with Crippen LogP contribution in [0.4, 0.5) is 11.5 Å². The molecule has 3 rings (SSSR count). The zero-order valence-corrected chi connectivity index (χ0v) is 10.5. The Labute approximate surface area is 102 Å². The molecule has 2 aliphatic rings. The first-order valence-corrected chi connectivity index (χ1v) is 6.39. The lowest BCUT2D eigenvalue weighted by molar-refractivity contribution is 0.191. The molecule has 0 saturated carbocycles. The fourth-order valence-electron chi connectivity index (χ4n) is 3.18. The molecule has 2 saturated heterocycles. The third kappa shape index (κ3) is 1.76. The van der Waals surface area contributed by atoms with Gasteiger partial charge >= 0.3 is 0 Å². The van der Waals surface area contributed by atoms with E-state index in [0.717, 1.165) is 18.1 Å². The maximum absolute atomic E-state index is 5.67. The van der Waals surface area contributed by atoms with Crippen molar-refractivity contribution in [3.8, 4) is 0 Å². The predicted molar refractivity (Wildman–Crippen MR) is 70.0 cm³/mol. The number of anilines is 2. The number of pyridine rings is 1. The van der Waals surface area contributed by atoms with Crippen molar-refractivity contribution in [1.29, 1.82) is 0 Å². The van der Waals surface area contributed by atoms with Crippen LogP contribution in [-0.2, 0) is 0 Å². The summed E-state index contributed by atoms with van der Waals surface area (Å²) >= 11 is 0. The first-order chi connectivity index (χ1) is 8.15. The Balaban J connectivity index is 1.76. The van der Waals surface area contributed by atoms with Gasteiger partial charge in [0.25, 0.3) is 0 Å². The Bertz CT molecular complexity index is 400. The van der Waals surface area contributed by atoms with Gasteiger partial charge in [-0.2, -0.15) is 0 Å². The minimum Gasteiger partial charge on any atom is -0.397 e. The lowest BCUT2D eigenvalue weighted by atomic mass is 10.2. The number of fused-ring (bicyclic) bond motifs is 2. The van der Waals surface area contributed by atoms with Crippen LogP contribution in [0.1, 0.15) is 20.3 Å². The van der Waals surface area contributed by atoms with Crippen LogP contribution in [-0.4, -0.2) is 41.1 Å². The summed E-state index contributed by atoms with van der Waals surface area (Å²) in [5, 5.41) is 0. The molecular weight excluding hydrogens is 212 g/mol. The molecule has 0 amide bonds. The molecule has 0 unspecified atom stereocenters. The topological polar surface area (TPSA) is 45.4 Å². The number of hydrogen-bond donors (Lipinski definition) is 1. The fourth-order valence-corrected chi connectivity index (χ4v) is 3.18. The van der Waals surface area contributed by atoms with Crippen LogP contribution in [0.2, 0.25) is 0 Å². The minimum atomic E-state index is 0.638. The average molecular weight is 232 g/mol. The molecule has 1 aromatic rings. The van der Waals surface area contributed by atoms with Gasteiger partial charge in [0.15, 0.2) is 0 Å². The highest BCUT2D eigenvalue weighted by molar-refractivity contribution is 5.48. The van der Waals surface area contributed by atoms with Gasteiger partial charge in [-0.3, -0.25) is 4.90 Å². The van der Waals surface area contributed by atoms with Crippen molar-refractivity contribution in [3.63, 3.8) is 0 Å². The molecule has 2 atom stereocenters. The second-order valence-corrected chi connectivity index (χ2v) is 5.44. The van der Waals surface area contributed by atoms with Gasteiger partial charge in [-0.05, 0) is 32.4 Å². The van der Waals surface area contributed by atoms with Gasteiger partial charge in [-0.25, -0.2) is 4.98 Å². The summed E-state index contributed by atoms with van der Waals surface area (Å²) in [5.74, 6) is 1.08. The number of piperazine rings is 1. The number of aromatic nitrogens is 1. The van der Waals surface area contributed by atoms with Crippen molar-refractivity contribution in [2.24, 2.45) is 0 Å². The van der Waals surface area contributed by atoms with E-state index in [2.05, 4.69) is 28.6 Å². The number of nitrogens with two attached hydrogens (primary N) is 1. The quantitative estimate of drug-likeness (QED) is 0.835. The first-order valence-electron chi connectivity index (χ1n) is 6.39. The number of likely N-dealkylation sites (tertiary alicyclic amines) is 1. The van der Waals surface area contributed by atoms with E-state index < -0.39 is 0 Å². The van der Waals surface area contributed by atoms with E-state index in [0.29, 0.717) is 18.1 Å². The minimum absolute atomic E-state index is 0.638. The van der Waals surface area contributed by atoms with Crippen molar-refractivity contribution < 1.29 is 0 Å². The van der Waals surface area contributed by atoms with Gasteiger partial charge in [-0.1, -0.05) is 0 Å². The van der Waals surface area contributed by atoms with Crippen molar-refractivity contribution >= 4 is 11.5 Å². The van der Waals surface area contributed by atoms with E-state index in [9.17, 15) is 0 Å². The predicted octanol–water partition coefficient (Wildman–Crippen LogP) is 1.34. The van der Waals surface area contributed by atoms with Crippen LogP contribution in [0, 0.1) is 0 Å².